The summed E-state index contributed by atoms with van der Waals surface area (Å²) >= 11 is 5.89. The molecule has 3 aromatic rings. The van der Waals surface area contributed by atoms with Gasteiger partial charge in [0.15, 0.2) is 5.82 Å². The highest BCUT2D eigenvalue weighted by atomic mass is 35.5. The molecule has 0 aliphatic heterocycles. The number of fused-ring (bicyclic) bond motifs is 1. The molecule has 0 spiro atoms. The van der Waals surface area contributed by atoms with Crippen molar-refractivity contribution in [3.05, 3.63) is 70.5 Å². The molecule has 3 aromatic carbocycles. The van der Waals surface area contributed by atoms with Gasteiger partial charge in [-0.2, -0.15) is 0 Å². The number of halogens is 2. The topological polar surface area (TPSA) is 32.3 Å². The van der Waals surface area contributed by atoms with E-state index in [1.807, 2.05) is 45.0 Å². The Morgan fingerprint density at radius 1 is 1.04 bits per heavy atom. The highest BCUT2D eigenvalue weighted by Gasteiger charge is 2.18. The second kappa shape index (κ2) is 7.97. The van der Waals surface area contributed by atoms with Gasteiger partial charge in [0, 0.05) is 29.7 Å². The Balaban J connectivity index is 2.15. The van der Waals surface area contributed by atoms with E-state index in [9.17, 15) is 9.18 Å². The first kappa shape index (κ1) is 19.2. The number of anilines is 2. The van der Waals surface area contributed by atoms with Gasteiger partial charge in [-0.1, -0.05) is 35.9 Å². The average Bonchev–Trinajstić information content (AvgIpc) is 2.67. The molecule has 140 valence electrons. The number of carbonyl (C=O) groups excluding carboxylic acids is 1. The summed E-state index contributed by atoms with van der Waals surface area (Å²) in [5.41, 5.74) is 2.68. The third kappa shape index (κ3) is 3.62. The van der Waals surface area contributed by atoms with Crippen molar-refractivity contribution < 1.29 is 9.18 Å². The van der Waals surface area contributed by atoms with Gasteiger partial charge in [-0.3, -0.25) is 4.79 Å². The van der Waals surface area contributed by atoms with Crippen LogP contribution in [0.3, 0.4) is 0 Å². The van der Waals surface area contributed by atoms with Gasteiger partial charge in [-0.25, -0.2) is 4.39 Å². The lowest BCUT2D eigenvalue weighted by Gasteiger charge is -2.21. The normalized spacial score (nSPS) is 10.9. The van der Waals surface area contributed by atoms with E-state index in [-0.39, 0.29) is 10.9 Å². The van der Waals surface area contributed by atoms with Crippen molar-refractivity contribution in [2.24, 2.45) is 0 Å². The molecule has 0 aromatic heterocycles. The van der Waals surface area contributed by atoms with E-state index in [0.29, 0.717) is 24.3 Å². The highest BCUT2D eigenvalue weighted by molar-refractivity contribution is 6.31. The molecule has 0 fully saturated rings. The number of aryl methyl sites for hydroxylation is 1. The van der Waals surface area contributed by atoms with Crippen molar-refractivity contribution in [2.75, 3.05) is 18.4 Å². The largest absolute Gasteiger partial charge is 0.353 e. The molecule has 0 aliphatic carbocycles. The minimum absolute atomic E-state index is 0.000198. The first-order valence-corrected chi connectivity index (χ1v) is 9.38. The van der Waals surface area contributed by atoms with E-state index in [1.54, 1.807) is 23.1 Å². The second-order valence-corrected chi connectivity index (χ2v) is 6.77. The lowest BCUT2D eigenvalue weighted by Crippen LogP contribution is -2.30. The molecule has 0 saturated heterocycles. The van der Waals surface area contributed by atoms with Crippen LogP contribution >= 0.6 is 11.6 Å². The first-order valence-electron chi connectivity index (χ1n) is 9.00. The Kier molecular flexibility index (Phi) is 5.66. The van der Waals surface area contributed by atoms with E-state index in [1.165, 1.54) is 6.07 Å². The maximum atomic E-state index is 14.3. The van der Waals surface area contributed by atoms with Gasteiger partial charge in [0.1, 0.15) is 0 Å². The fraction of sp³-hybridized carbons (Fsp3) is 0.227. The fourth-order valence-electron chi connectivity index (χ4n) is 3.30. The Hall–Kier alpha value is -2.59. The predicted octanol–water partition coefficient (Wildman–Crippen LogP) is 6.17. The molecule has 27 heavy (non-hydrogen) atoms. The molecule has 1 N–H and O–H groups in total. The molecule has 3 nitrogen and oxygen atoms in total. The Morgan fingerprint density at radius 2 is 1.74 bits per heavy atom. The number of rotatable bonds is 5. The molecule has 0 unspecified atom stereocenters. The summed E-state index contributed by atoms with van der Waals surface area (Å²) in [5, 5.41) is 4.93. The summed E-state index contributed by atoms with van der Waals surface area (Å²) in [6, 6.07) is 14.3. The van der Waals surface area contributed by atoms with Crippen molar-refractivity contribution in [3.63, 3.8) is 0 Å². The summed E-state index contributed by atoms with van der Waals surface area (Å²) in [6.07, 6.45) is 0. The zero-order valence-electron chi connectivity index (χ0n) is 15.6. The van der Waals surface area contributed by atoms with Crippen molar-refractivity contribution in [2.45, 2.75) is 20.8 Å². The third-order valence-corrected chi connectivity index (χ3v) is 5.04. The lowest BCUT2D eigenvalue weighted by molar-refractivity contribution is 0.0775. The minimum atomic E-state index is -0.497. The molecule has 0 radical (unpaired) electrons. The Bertz CT molecular complexity index is 999. The Morgan fingerprint density at radius 3 is 2.44 bits per heavy atom. The smallest absolute Gasteiger partial charge is 0.254 e. The fourth-order valence-corrected chi connectivity index (χ4v) is 3.48. The van der Waals surface area contributed by atoms with E-state index in [0.717, 1.165) is 22.0 Å². The van der Waals surface area contributed by atoms with Gasteiger partial charge in [0.05, 0.1) is 10.7 Å². The van der Waals surface area contributed by atoms with E-state index < -0.39 is 5.82 Å². The number of nitrogens with one attached hydrogen (secondary N) is 1. The summed E-state index contributed by atoms with van der Waals surface area (Å²) in [4.78, 5) is 14.8. The monoisotopic (exact) mass is 384 g/mol. The van der Waals surface area contributed by atoms with Crippen molar-refractivity contribution >= 4 is 39.7 Å². The van der Waals surface area contributed by atoms with Crippen LogP contribution in [0.1, 0.15) is 29.8 Å². The number of hydrogen-bond donors (Lipinski definition) is 1. The van der Waals surface area contributed by atoms with Crippen LogP contribution in [0.15, 0.2) is 48.5 Å². The van der Waals surface area contributed by atoms with Crippen LogP contribution in [0.4, 0.5) is 15.8 Å². The van der Waals surface area contributed by atoms with Gasteiger partial charge in [-0.05, 0) is 56.0 Å². The summed E-state index contributed by atoms with van der Waals surface area (Å²) < 4.78 is 14.3. The molecule has 5 heteroatoms. The number of amides is 1. The molecule has 0 bridgehead atoms. The zero-order valence-corrected chi connectivity index (χ0v) is 16.4. The minimum Gasteiger partial charge on any atom is -0.353 e. The van der Waals surface area contributed by atoms with Crippen LogP contribution in [0.5, 0.6) is 0 Å². The maximum absolute atomic E-state index is 14.3. The van der Waals surface area contributed by atoms with Crippen LogP contribution in [-0.4, -0.2) is 23.9 Å². The zero-order chi connectivity index (χ0) is 19.6. The molecule has 1 amide bonds. The van der Waals surface area contributed by atoms with Gasteiger partial charge < -0.3 is 10.2 Å². The molecule has 0 atom stereocenters. The molecule has 0 heterocycles. The molecule has 0 aliphatic rings. The van der Waals surface area contributed by atoms with E-state index in [4.69, 9.17) is 11.6 Å². The van der Waals surface area contributed by atoms with Gasteiger partial charge in [-0.15, -0.1) is 0 Å². The van der Waals surface area contributed by atoms with Crippen LogP contribution in [0, 0.1) is 12.7 Å². The van der Waals surface area contributed by atoms with Gasteiger partial charge in [0.2, 0.25) is 0 Å². The van der Waals surface area contributed by atoms with Crippen molar-refractivity contribution in [1.29, 1.82) is 0 Å². The SMILES string of the molecule is CCN(CC)C(=O)c1ccc(Nc2cccc(Cl)c2F)c2cccc(C)c12. The predicted molar refractivity (Wildman–Crippen MR) is 111 cm³/mol. The molecule has 3 rings (SSSR count). The lowest BCUT2D eigenvalue weighted by atomic mass is 9.97. The highest BCUT2D eigenvalue weighted by Crippen LogP contribution is 2.33. The molecule has 0 saturated carbocycles. The van der Waals surface area contributed by atoms with Crippen molar-refractivity contribution in [3.8, 4) is 0 Å². The van der Waals surface area contributed by atoms with Crippen molar-refractivity contribution in [1.82, 2.24) is 4.90 Å². The van der Waals surface area contributed by atoms with Gasteiger partial charge >= 0.3 is 0 Å². The van der Waals surface area contributed by atoms with Crippen LogP contribution in [0.2, 0.25) is 5.02 Å². The third-order valence-electron chi connectivity index (χ3n) is 4.75. The number of benzene rings is 3. The quantitative estimate of drug-likeness (QED) is 0.570. The average molecular weight is 385 g/mol. The number of carbonyl (C=O) groups is 1. The first-order chi connectivity index (χ1) is 13.0. The van der Waals surface area contributed by atoms with Gasteiger partial charge in [0.25, 0.3) is 5.91 Å². The molecular formula is C22H22ClFN2O. The van der Waals surface area contributed by atoms with E-state index >= 15 is 0 Å². The molecular weight excluding hydrogens is 363 g/mol. The summed E-state index contributed by atoms with van der Waals surface area (Å²) in [5.74, 6) is -0.497. The standard InChI is InChI=1S/C22H22ClFN2O/c1-4-26(5-2)22(27)16-12-13-18(15-9-6-8-14(3)20(15)16)25-19-11-7-10-17(23)21(19)24/h6-13,25H,4-5H2,1-3H3. The van der Waals surface area contributed by atoms with E-state index in [2.05, 4.69) is 5.32 Å². The van der Waals surface area contributed by atoms with Crippen LogP contribution in [-0.2, 0) is 0 Å². The second-order valence-electron chi connectivity index (χ2n) is 6.36. The summed E-state index contributed by atoms with van der Waals surface area (Å²) in [6.45, 7) is 7.21. The Labute approximate surface area is 163 Å². The number of nitrogens with zero attached hydrogens (tertiary/aromatic N) is 1. The number of hydrogen-bond acceptors (Lipinski definition) is 2. The summed E-state index contributed by atoms with van der Waals surface area (Å²) in [7, 11) is 0. The maximum Gasteiger partial charge on any atom is 0.254 e. The van der Waals surface area contributed by atoms with Crippen LogP contribution < -0.4 is 5.32 Å². The van der Waals surface area contributed by atoms with Crippen LogP contribution in [0.25, 0.3) is 10.8 Å².